The van der Waals surface area contributed by atoms with Crippen molar-refractivity contribution >= 4 is 46.0 Å². The van der Waals surface area contributed by atoms with Crippen LogP contribution in [-0.4, -0.2) is 54.8 Å². The first-order chi connectivity index (χ1) is 15.4. The number of nitrogens with one attached hydrogen (secondary N) is 3. The van der Waals surface area contributed by atoms with E-state index in [2.05, 4.69) is 31.2 Å². The van der Waals surface area contributed by atoms with E-state index in [1.54, 1.807) is 17.8 Å². The SMILES string of the molecule is CC(=O)Nc1nc(Cc2nnc(SCC(=O)NC=CN3C=CC=CC3)n2NC(C)=O)cs1. The normalized spacial score (nSPS) is 12.9. The van der Waals surface area contributed by atoms with Gasteiger partial charge in [0.05, 0.1) is 17.9 Å². The average molecular weight is 475 g/mol. The van der Waals surface area contributed by atoms with Crippen molar-refractivity contribution in [3.05, 3.63) is 53.7 Å². The maximum Gasteiger partial charge on any atom is 0.235 e. The minimum Gasteiger partial charge on any atom is -0.349 e. The molecule has 0 aliphatic carbocycles. The molecule has 3 amide bonds. The van der Waals surface area contributed by atoms with E-state index in [0.29, 0.717) is 21.8 Å². The number of amides is 3. The predicted octanol–water partition coefficient (Wildman–Crippen LogP) is 1.44. The molecule has 0 unspecified atom stereocenters. The number of rotatable bonds is 9. The highest BCUT2D eigenvalue weighted by molar-refractivity contribution is 7.99. The fraction of sp³-hybridized carbons (Fsp3) is 0.263. The number of carbonyl (C=O) groups excluding carboxylic acids is 3. The summed E-state index contributed by atoms with van der Waals surface area (Å²) in [6, 6.07) is 0. The molecule has 0 fully saturated rings. The van der Waals surface area contributed by atoms with Gasteiger partial charge in [-0.15, -0.1) is 21.5 Å². The second kappa shape index (κ2) is 11.2. The fourth-order valence-corrected chi connectivity index (χ4v) is 4.01. The summed E-state index contributed by atoms with van der Waals surface area (Å²) in [4.78, 5) is 41.2. The molecule has 0 spiro atoms. The molecule has 0 aromatic carbocycles. The summed E-state index contributed by atoms with van der Waals surface area (Å²) in [5, 5.41) is 16.2. The number of thioether (sulfide) groups is 1. The first-order valence-electron chi connectivity index (χ1n) is 9.52. The van der Waals surface area contributed by atoms with Gasteiger partial charge < -0.3 is 15.5 Å². The lowest BCUT2D eigenvalue weighted by atomic mass is 10.3. The molecule has 1 aliphatic heterocycles. The third-order valence-electron chi connectivity index (χ3n) is 3.83. The Labute approximate surface area is 192 Å². The zero-order valence-corrected chi connectivity index (χ0v) is 19.1. The number of anilines is 1. The lowest BCUT2D eigenvalue weighted by molar-refractivity contribution is -0.117. The van der Waals surface area contributed by atoms with Crippen LogP contribution in [0.1, 0.15) is 25.4 Å². The summed E-state index contributed by atoms with van der Waals surface area (Å²) in [6.45, 7) is 3.52. The van der Waals surface area contributed by atoms with Crippen LogP contribution < -0.4 is 16.1 Å². The quantitative estimate of drug-likeness (QED) is 0.465. The highest BCUT2D eigenvalue weighted by Crippen LogP contribution is 2.20. The van der Waals surface area contributed by atoms with Crippen molar-refractivity contribution in [3.8, 4) is 0 Å². The van der Waals surface area contributed by atoms with Crippen molar-refractivity contribution in [1.29, 1.82) is 0 Å². The van der Waals surface area contributed by atoms with E-state index in [4.69, 9.17) is 0 Å². The first kappa shape index (κ1) is 23.2. The van der Waals surface area contributed by atoms with Gasteiger partial charge in [0.2, 0.25) is 22.9 Å². The van der Waals surface area contributed by atoms with E-state index in [1.807, 2.05) is 29.3 Å². The van der Waals surface area contributed by atoms with E-state index in [9.17, 15) is 14.4 Å². The predicted molar refractivity (Wildman–Crippen MR) is 122 cm³/mol. The van der Waals surface area contributed by atoms with Crippen molar-refractivity contribution in [2.45, 2.75) is 25.4 Å². The van der Waals surface area contributed by atoms with Crippen molar-refractivity contribution in [2.75, 3.05) is 23.0 Å². The number of carbonyl (C=O) groups is 3. The zero-order valence-electron chi connectivity index (χ0n) is 17.4. The van der Waals surface area contributed by atoms with Crippen molar-refractivity contribution in [1.82, 2.24) is 30.1 Å². The Morgan fingerprint density at radius 1 is 1.22 bits per heavy atom. The summed E-state index contributed by atoms with van der Waals surface area (Å²) in [6.07, 6.45) is 11.4. The summed E-state index contributed by atoms with van der Waals surface area (Å²) >= 11 is 2.44. The Bertz CT molecular complexity index is 1070. The van der Waals surface area contributed by atoms with Gasteiger partial charge in [0.15, 0.2) is 11.0 Å². The summed E-state index contributed by atoms with van der Waals surface area (Å²) in [7, 11) is 0. The summed E-state index contributed by atoms with van der Waals surface area (Å²) in [5.41, 5.74) is 3.33. The molecule has 1 aliphatic rings. The molecular formula is C19H22N8O3S2. The van der Waals surface area contributed by atoms with Gasteiger partial charge in [-0.05, 0) is 6.08 Å². The van der Waals surface area contributed by atoms with Crippen molar-refractivity contribution in [2.24, 2.45) is 0 Å². The van der Waals surface area contributed by atoms with Gasteiger partial charge in [-0.2, -0.15) is 0 Å². The molecule has 13 heteroatoms. The van der Waals surface area contributed by atoms with E-state index in [0.717, 1.165) is 18.3 Å². The van der Waals surface area contributed by atoms with E-state index in [-0.39, 0.29) is 29.9 Å². The van der Waals surface area contributed by atoms with Crippen molar-refractivity contribution < 1.29 is 14.4 Å². The number of hydrogen-bond donors (Lipinski definition) is 3. The van der Waals surface area contributed by atoms with Gasteiger partial charge in [-0.1, -0.05) is 23.9 Å². The first-order valence-corrected chi connectivity index (χ1v) is 11.4. The Kier molecular flexibility index (Phi) is 8.16. The molecule has 0 saturated heterocycles. The molecule has 0 bridgehead atoms. The van der Waals surface area contributed by atoms with Crippen LogP contribution in [0.5, 0.6) is 0 Å². The van der Waals surface area contributed by atoms with Gasteiger partial charge in [-0.25, -0.2) is 9.66 Å². The van der Waals surface area contributed by atoms with Crippen LogP contribution in [0.4, 0.5) is 5.13 Å². The Hall–Kier alpha value is -3.45. The average Bonchev–Trinajstić information content (AvgIpc) is 3.33. The maximum absolute atomic E-state index is 12.2. The summed E-state index contributed by atoms with van der Waals surface area (Å²) < 4.78 is 1.44. The fourth-order valence-electron chi connectivity index (χ4n) is 2.53. The third-order valence-corrected chi connectivity index (χ3v) is 5.56. The van der Waals surface area contributed by atoms with Crippen LogP contribution >= 0.6 is 23.1 Å². The van der Waals surface area contributed by atoms with Crippen LogP contribution in [0.15, 0.2) is 47.4 Å². The lowest BCUT2D eigenvalue weighted by Crippen LogP contribution is -2.24. The van der Waals surface area contributed by atoms with Crippen molar-refractivity contribution in [3.63, 3.8) is 0 Å². The second-order valence-electron chi connectivity index (χ2n) is 6.54. The summed E-state index contributed by atoms with van der Waals surface area (Å²) in [5.74, 6) is -0.195. The minimum atomic E-state index is -0.305. The van der Waals surface area contributed by atoms with Crippen LogP contribution in [0.2, 0.25) is 0 Å². The van der Waals surface area contributed by atoms with Gasteiger partial charge in [0.25, 0.3) is 0 Å². The highest BCUT2D eigenvalue weighted by atomic mass is 32.2. The molecule has 3 rings (SSSR count). The monoisotopic (exact) mass is 474 g/mol. The van der Waals surface area contributed by atoms with Gasteiger partial charge >= 0.3 is 0 Å². The van der Waals surface area contributed by atoms with E-state index < -0.39 is 0 Å². The number of hydrogen-bond acceptors (Lipinski definition) is 9. The van der Waals surface area contributed by atoms with Crippen LogP contribution in [0.25, 0.3) is 0 Å². The van der Waals surface area contributed by atoms with Crippen LogP contribution in [0, 0.1) is 0 Å². The highest BCUT2D eigenvalue weighted by Gasteiger charge is 2.17. The standard InChI is InChI=1S/C19H22N8O3S2/c1-13(28)21-18-22-15(11-31-18)10-16-23-24-19(27(16)25-14(2)29)32-12-17(30)20-6-9-26-7-4-3-5-8-26/h3-7,9,11H,8,10,12H2,1-2H3,(H,20,30)(H,25,29)(H,21,22,28). The lowest BCUT2D eigenvalue weighted by Gasteiger charge is -2.14. The van der Waals surface area contributed by atoms with E-state index in [1.165, 1.54) is 29.9 Å². The van der Waals surface area contributed by atoms with Gasteiger partial charge in [0.1, 0.15) is 0 Å². The largest absolute Gasteiger partial charge is 0.349 e. The molecule has 2 aromatic rings. The Balaban J connectivity index is 1.59. The molecule has 11 nitrogen and oxygen atoms in total. The van der Waals surface area contributed by atoms with Crippen LogP contribution in [-0.2, 0) is 20.8 Å². The topological polar surface area (TPSA) is 134 Å². The molecule has 0 saturated carbocycles. The minimum absolute atomic E-state index is 0.0845. The number of thiazole rings is 1. The molecular weight excluding hydrogens is 452 g/mol. The number of nitrogens with zero attached hydrogens (tertiary/aromatic N) is 5. The number of aromatic nitrogens is 4. The molecule has 32 heavy (non-hydrogen) atoms. The van der Waals surface area contributed by atoms with Gasteiger partial charge in [-0.3, -0.25) is 19.8 Å². The molecule has 0 radical (unpaired) electrons. The Morgan fingerprint density at radius 3 is 2.78 bits per heavy atom. The van der Waals surface area contributed by atoms with Gasteiger partial charge in [0, 0.05) is 44.4 Å². The molecule has 2 aromatic heterocycles. The number of allylic oxidation sites excluding steroid dienone is 2. The van der Waals surface area contributed by atoms with Crippen LogP contribution in [0.3, 0.4) is 0 Å². The van der Waals surface area contributed by atoms with E-state index >= 15 is 0 Å². The maximum atomic E-state index is 12.2. The third kappa shape index (κ3) is 7.06. The molecule has 168 valence electrons. The Morgan fingerprint density at radius 2 is 2.06 bits per heavy atom. The molecule has 3 heterocycles. The molecule has 3 N–H and O–H groups in total. The smallest absolute Gasteiger partial charge is 0.235 e. The zero-order chi connectivity index (χ0) is 22.9. The second-order valence-corrected chi connectivity index (χ2v) is 8.34. The molecule has 0 atom stereocenters.